The van der Waals surface area contributed by atoms with Crippen LogP contribution in [0, 0.1) is 0 Å². The van der Waals surface area contributed by atoms with Crippen molar-refractivity contribution in [2.24, 2.45) is 0 Å². The molecule has 0 aliphatic carbocycles. The number of carbonyl (C=O) groups excluding carboxylic acids is 2. The number of ketones is 1. The van der Waals surface area contributed by atoms with Crippen LogP contribution in [0.25, 0.3) is 10.2 Å². The van der Waals surface area contributed by atoms with Gasteiger partial charge in [-0.1, -0.05) is 11.6 Å². The Kier molecular flexibility index (Phi) is 5.75. The molecule has 0 atom stereocenters. The molecule has 3 aromatic rings. The Morgan fingerprint density at radius 2 is 1.94 bits per heavy atom. The maximum Gasteiger partial charge on any atom is 0.238 e. The lowest BCUT2D eigenvalue weighted by Crippen LogP contribution is -2.38. The van der Waals surface area contributed by atoms with E-state index in [-0.39, 0.29) is 25.0 Å². The van der Waals surface area contributed by atoms with Crippen LogP contribution in [0.4, 0.5) is 5.69 Å². The normalized spacial score (nSPS) is 16.4. The van der Waals surface area contributed by atoms with Gasteiger partial charge in [-0.05, 0) is 57.1 Å². The minimum Gasteiger partial charge on any atom is -0.454 e. The molecule has 0 radical (unpaired) electrons. The average molecular weight is 472 g/mol. The molecule has 1 aromatic heterocycles. The van der Waals surface area contributed by atoms with Crippen LogP contribution in [0.15, 0.2) is 30.3 Å². The van der Waals surface area contributed by atoms with Gasteiger partial charge in [0.05, 0.1) is 27.5 Å². The van der Waals surface area contributed by atoms with Crippen LogP contribution >= 0.6 is 22.9 Å². The SMILES string of the molecule is CC(=O)c1cc2c(cc1NC(=O)CN1CCC(c3nc4cc(Cl)ccc4s3)CC1)OCO2. The van der Waals surface area contributed by atoms with Crippen LogP contribution in [0.2, 0.25) is 5.02 Å². The molecule has 32 heavy (non-hydrogen) atoms. The smallest absolute Gasteiger partial charge is 0.238 e. The van der Waals surface area contributed by atoms with Crippen molar-refractivity contribution in [2.45, 2.75) is 25.7 Å². The van der Waals surface area contributed by atoms with E-state index in [1.807, 2.05) is 18.2 Å². The molecule has 2 aromatic carbocycles. The zero-order valence-corrected chi connectivity index (χ0v) is 19.1. The number of Topliss-reactive ketones (excluding diaryl/α,β-unsaturated/α-hetero) is 1. The number of likely N-dealkylation sites (tertiary alicyclic amines) is 1. The lowest BCUT2D eigenvalue weighted by atomic mass is 9.97. The summed E-state index contributed by atoms with van der Waals surface area (Å²) in [6, 6.07) is 9.09. The number of ether oxygens (including phenoxy) is 2. The van der Waals surface area contributed by atoms with Gasteiger partial charge >= 0.3 is 0 Å². The van der Waals surface area contributed by atoms with Crippen LogP contribution in [-0.2, 0) is 4.79 Å². The van der Waals surface area contributed by atoms with E-state index >= 15 is 0 Å². The predicted molar refractivity (Wildman–Crippen MR) is 124 cm³/mol. The van der Waals surface area contributed by atoms with Gasteiger partial charge in [0.25, 0.3) is 0 Å². The summed E-state index contributed by atoms with van der Waals surface area (Å²) in [4.78, 5) is 31.6. The molecule has 0 unspecified atom stereocenters. The van der Waals surface area contributed by atoms with Crippen LogP contribution in [0.3, 0.4) is 0 Å². The third kappa shape index (κ3) is 4.30. The number of thiazole rings is 1. The number of nitrogens with zero attached hydrogens (tertiary/aromatic N) is 2. The van der Waals surface area contributed by atoms with Crippen molar-refractivity contribution >= 4 is 50.5 Å². The minimum absolute atomic E-state index is 0.112. The first-order valence-corrected chi connectivity index (χ1v) is 11.7. The van der Waals surface area contributed by atoms with Crippen molar-refractivity contribution in [1.29, 1.82) is 0 Å². The van der Waals surface area contributed by atoms with Gasteiger partial charge in [0.2, 0.25) is 12.7 Å². The van der Waals surface area contributed by atoms with Crippen molar-refractivity contribution in [2.75, 3.05) is 31.7 Å². The fourth-order valence-electron chi connectivity index (χ4n) is 4.16. The number of fused-ring (bicyclic) bond motifs is 2. The van der Waals surface area contributed by atoms with E-state index in [1.54, 1.807) is 23.5 Å². The highest BCUT2D eigenvalue weighted by Gasteiger charge is 2.25. The summed E-state index contributed by atoms with van der Waals surface area (Å²) in [7, 11) is 0. The number of halogens is 1. The van der Waals surface area contributed by atoms with Crippen LogP contribution in [0.5, 0.6) is 11.5 Å². The monoisotopic (exact) mass is 471 g/mol. The number of hydrogen-bond donors (Lipinski definition) is 1. The number of nitrogens with one attached hydrogen (secondary N) is 1. The molecule has 0 bridgehead atoms. The highest BCUT2D eigenvalue weighted by Crippen LogP contribution is 2.38. The first kappa shape index (κ1) is 21.2. The molecule has 2 aliphatic heterocycles. The van der Waals surface area contributed by atoms with Gasteiger partial charge in [0, 0.05) is 22.6 Å². The van der Waals surface area contributed by atoms with Gasteiger partial charge < -0.3 is 14.8 Å². The number of rotatable bonds is 5. The Balaban J connectivity index is 1.20. The van der Waals surface area contributed by atoms with Crippen LogP contribution < -0.4 is 14.8 Å². The summed E-state index contributed by atoms with van der Waals surface area (Å²) in [5.41, 5.74) is 1.82. The maximum atomic E-state index is 12.7. The number of benzene rings is 2. The number of carbonyl (C=O) groups is 2. The Morgan fingerprint density at radius 3 is 2.69 bits per heavy atom. The first-order valence-electron chi connectivity index (χ1n) is 10.5. The molecule has 0 saturated carbocycles. The standard InChI is InChI=1S/C23H22ClN3O4S/c1-13(28)16-9-19-20(31-12-30-19)10-17(16)25-22(29)11-27-6-4-14(5-7-27)23-26-18-8-15(24)2-3-21(18)32-23/h2-3,8-10,14H,4-7,11-12H2,1H3,(H,25,29). The summed E-state index contributed by atoms with van der Waals surface area (Å²) in [6.45, 7) is 3.48. The van der Waals surface area contributed by atoms with E-state index in [1.165, 1.54) is 6.92 Å². The molecule has 9 heteroatoms. The summed E-state index contributed by atoms with van der Waals surface area (Å²) in [5.74, 6) is 1.15. The predicted octanol–water partition coefficient (Wildman–Crippen LogP) is 4.70. The molecule has 1 amide bonds. The third-order valence-electron chi connectivity index (χ3n) is 5.84. The van der Waals surface area contributed by atoms with Gasteiger partial charge in [-0.25, -0.2) is 4.98 Å². The molecule has 2 aliphatic rings. The molecule has 0 spiro atoms. The number of aromatic nitrogens is 1. The average Bonchev–Trinajstić information content (AvgIpc) is 3.39. The molecule has 3 heterocycles. The summed E-state index contributed by atoms with van der Waals surface area (Å²) in [6.07, 6.45) is 1.90. The van der Waals surface area contributed by atoms with Crippen molar-refractivity contribution in [3.8, 4) is 11.5 Å². The number of anilines is 1. The lowest BCUT2D eigenvalue weighted by Gasteiger charge is -2.30. The largest absolute Gasteiger partial charge is 0.454 e. The Morgan fingerprint density at radius 1 is 1.19 bits per heavy atom. The van der Waals surface area contributed by atoms with Gasteiger partial charge in [0.1, 0.15) is 0 Å². The van der Waals surface area contributed by atoms with Gasteiger partial charge in [-0.3, -0.25) is 14.5 Å². The maximum absolute atomic E-state index is 12.7. The van der Waals surface area contributed by atoms with E-state index in [2.05, 4.69) is 10.2 Å². The molecule has 7 nitrogen and oxygen atoms in total. The lowest BCUT2D eigenvalue weighted by molar-refractivity contribution is -0.117. The van der Waals surface area contributed by atoms with Gasteiger partial charge in [0.15, 0.2) is 17.3 Å². The highest BCUT2D eigenvalue weighted by molar-refractivity contribution is 7.18. The second-order valence-corrected chi connectivity index (χ2v) is 9.57. The van der Waals surface area contributed by atoms with E-state index in [9.17, 15) is 9.59 Å². The molecule has 1 fully saturated rings. The number of amides is 1. The van der Waals surface area contributed by atoms with E-state index in [4.69, 9.17) is 26.1 Å². The van der Waals surface area contributed by atoms with Crippen molar-refractivity contribution < 1.29 is 19.1 Å². The Hall–Kier alpha value is -2.68. The van der Waals surface area contributed by atoms with Crippen LogP contribution in [0.1, 0.15) is 41.0 Å². The summed E-state index contributed by atoms with van der Waals surface area (Å²) < 4.78 is 11.9. The topological polar surface area (TPSA) is 80.8 Å². The quantitative estimate of drug-likeness (QED) is 0.543. The molecular weight excluding hydrogens is 450 g/mol. The fraction of sp³-hybridized carbons (Fsp3) is 0.348. The summed E-state index contributed by atoms with van der Waals surface area (Å²) >= 11 is 7.80. The van der Waals surface area contributed by atoms with Crippen LogP contribution in [-0.4, -0.2) is 48.0 Å². The minimum atomic E-state index is -0.153. The van der Waals surface area contributed by atoms with Crippen molar-refractivity contribution in [3.63, 3.8) is 0 Å². The molecule has 1 N–H and O–H groups in total. The highest BCUT2D eigenvalue weighted by atomic mass is 35.5. The van der Waals surface area contributed by atoms with Gasteiger partial charge in [-0.15, -0.1) is 11.3 Å². The second kappa shape index (κ2) is 8.69. The van der Waals surface area contributed by atoms with E-state index in [0.29, 0.717) is 33.7 Å². The van der Waals surface area contributed by atoms with E-state index < -0.39 is 0 Å². The Bertz CT molecular complexity index is 1200. The molecule has 5 rings (SSSR count). The molecule has 1 saturated heterocycles. The zero-order valence-electron chi connectivity index (χ0n) is 17.5. The fourth-order valence-corrected chi connectivity index (χ4v) is 5.44. The third-order valence-corrected chi connectivity index (χ3v) is 7.27. The molecular formula is C23H22ClN3O4S. The number of piperidine rings is 1. The Labute approximate surface area is 194 Å². The van der Waals surface area contributed by atoms with Crippen molar-refractivity contribution in [3.05, 3.63) is 45.9 Å². The second-order valence-electron chi connectivity index (χ2n) is 8.07. The van der Waals surface area contributed by atoms with Crippen molar-refractivity contribution in [1.82, 2.24) is 9.88 Å². The van der Waals surface area contributed by atoms with E-state index in [0.717, 1.165) is 41.2 Å². The van der Waals surface area contributed by atoms with Gasteiger partial charge in [-0.2, -0.15) is 0 Å². The first-order chi connectivity index (χ1) is 15.5. The zero-order chi connectivity index (χ0) is 22.2. The number of hydrogen-bond acceptors (Lipinski definition) is 7. The summed E-state index contributed by atoms with van der Waals surface area (Å²) in [5, 5.41) is 4.71. The molecule has 166 valence electrons.